The number of nitrogen functional groups attached to an aromatic ring is 1. The summed E-state index contributed by atoms with van der Waals surface area (Å²) in [4.78, 5) is 18.4. The number of aromatic nitrogens is 4. The quantitative estimate of drug-likeness (QED) is 0.509. The molecule has 0 saturated heterocycles. The van der Waals surface area contributed by atoms with E-state index in [1.807, 2.05) is 26.2 Å². The molecule has 106 valence electrons. The lowest BCUT2D eigenvalue weighted by atomic mass is 10.2. The molecule has 2 heterocycles. The number of pyridine rings is 1. The molecule has 2 rings (SSSR count). The lowest BCUT2D eigenvalue weighted by Crippen LogP contribution is -2.19. The molecule has 0 amide bonds. The molecule has 0 aliphatic rings. The third-order valence-electron chi connectivity index (χ3n) is 2.60. The van der Waals surface area contributed by atoms with Gasteiger partial charge in [-0.3, -0.25) is 10.4 Å². The van der Waals surface area contributed by atoms with Crippen LogP contribution in [0.3, 0.4) is 0 Å². The second kappa shape index (κ2) is 6.62. The van der Waals surface area contributed by atoms with Gasteiger partial charge in [-0.25, -0.2) is 5.84 Å². The Morgan fingerprint density at radius 3 is 2.45 bits per heavy atom. The summed E-state index contributed by atoms with van der Waals surface area (Å²) in [5, 5.41) is 3.16. The molecule has 8 heteroatoms. The van der Waals surface area contributed by atoms with Crippen molar-refractivity contribution in [2.75, 3.05) is 36.3 Å². The van der Waals surface area contributed by atoms with Gasteiger partial charge in [0.2, 0.25) is 17.8 Å². The molecule has 0 aromatic carbocycles. The van der Waals surface area contributed by atoms with E-state index in [0.717, 1.165) is 6.42 Å². The maximum atomic E-state index is 5.35. The molecule has 8 nitrogen and oxygen atoms in total. The Hall–Kier alpha value is -2.48. The van der Waals surface area contributed by atoms with Gasteiger partial charge < -0.3 is 10.2 Å². The van der Waals surface area contributed by atoms with E-state index < -0.39 is 0 Å². The van der Waals surface area contributed by atoms with Gasteiger partial charge in [-0.05, 0) is 24.1 Å². The molecule has 0 saturated carbocycles. The minimum absolute atomic E-state index is 0.329. The molecule has 0 atom stereocenters. The van der Waals surface area contributed by atoms with Crippen molar-refractivity contribution in [3.05, 3.63) is 30.1 Å². The first-order valence-electron chi connectivity index (χ1n) is 6.22. The Bertz CT molecular complexity index is 542. The van der Waals surface area contributed by atoms with Crippen LogP contribution in [-0.2, 0) is 6.42 Å². The van der Waals surface area contributed by atoms with Crippen molar-refractivity contribution < 1.29 is 0 Å². The van der Waals surface area contributed by atoms with Crippen LogP contribution in [-0.4, -0.2) is 40.6 Å². The van der Waals surface area contributed by atoms with Gasteiger partial charge in [-0.15, -0.1) is 0 Å². The van der Waals surface area contributed by atoms with Gasteiger partial charge in [0.25, 0.3) is 0 Å². The van der Waals surface area contributed by atoms with Gasteiger partial charge in [0.1, 0.15) is 0 Å². The van der Waals surface area contributed by atoms with Gasteiger partial charge >= 0.3 is 0 Å². The average Bonchev–Trinajstić information content (AvgIpc) is 2.48. The Morgan fingerprint density at radius 2 is 1.80 bits per heavy atom. The minimum atomic E-state index is 0.329. The number of hydrazine groups is 1. The molecule has 4 N–H and O–H groups in total. The van der Waals surface area contributed by atoms with Crippen LogP contribution in [0.5, 0.6) is 0 Å². The zero-order valence-corrected chi connectivity index (χ0v) is 11.5. The number of nitrogens with zero attached hydrogens (tertiary/aromatic N) is 5. The van der Waals surface area contributed by atoms with Crippen molar-refractivity contribution in [3.8, 4) is 0 Å². The van der Waals surface area contributed by atoms with Crippen LogP contribution < -0.4 is 21.5 Å². The molecule has 0 aliphatic carbocycles. The summed E-state index contributed by atoms with van der Waals surface area (Å²) in [5.74, 6) is 6.71. The van der Waals surface area contributed by atoms with Crippen molar-refractivity contribution in [3.63, 3.8) is 0 Å². The largest absolute Gasteiger partial charge is 0.354 e. The summed E-state index contributed by atoms with van der Waals surface area (Å²) < 4.78 is 0. The average molecular weight is 274 g/mol. The zero-order valence-electron chi connectivity index (χ0n) is 11.5. The van der Waals surface area contributed by atoms with Crippen LogP contribution in [0.15, 0.2) is 24.5 Å². The van der Waals surface area contributed by atoms with Crippen LogP contribution in [0.2, 0.25) is 0 Å². The topological polar surface area (TPSA) is 105 Å². The van der Waals surface area contributed by atoms with Crippen molar-refractivity contribution in [1.29, 1.82) is 0 Å². The fraction of sp³-hybridized carbons (Fsp3) is 0.333. The summed E-state index contributed by atoms with van der Waals surface area (Å²) in [7, 11) is 3.72. The number of hydrogen-bond donors (Lipinski definition) is 3. The molecule has 20 heavy (non-hydrogen) atoms. The normalized spacial score (nSPS) is 10.2. The molecular weight excluding hydrogens is 256 g/mol. The van der Waals surface area contributed by atoms with Crippen LogP contribution >= 0.6 is 0 Å². The van der Waals surface area contributed by atoms with E-state index in [4.69, 9.17) is 5.84 Å². The molecule has 0 aliphatic heterocycles. The van der Waals surface area contributed by atoms with Crippen LogP contribution in [0, 0.1) is 0 Å². The second-order valence-corrected chi connectivity index (χ2v) is 4.35. The van der Waals surface area contributed by atoms with E-state index >= 15 is 0 Å². The standard InChI is InChI=1S/C12H18N8/c1-20(2)12-17-10(16-11(18-12)19-13)15-8-5-9-3-6-14-7-4-9/h3-4,6-7H,5,8,13H2,1-2H3,(H2,15,16,17,18,19). The van der Waals surface area contributed by atoms with E-state index in [-0.39, 0.29) is 0 Å². The maximum absolute atomic E-state index is 5.35. The van der Waals surface area contributed by atoms with Gasteiger partial charge in [0.05, 0.1) is 0 Å². The number of nitrogens with one attached hydrogen (secondary N) is 2. The third kappa shape index (κ3) is 3.75. The Balaban J connectivity index is 2.00. The fourth-order valence-corrected chi connectivity index (χ4v) is 1.58. The van der Waals surface area contributed by atoms with Gasteiger partial charge in [0, 0.05) is 33.0 Å². The number of hydrogen-bond acceptors (Lipinski definition) is 8. The second-order valence-electron chi connectivity index (χ2n) is 4.35. The Kier molecular flexibility index (Phi) is 4.61. The molecule has 0 unspecified atom stereocenters. The smallest absolute Gasteiger partial charge is 0.243 e. The van der Waals surface area contributed by atoms with Crippen molar-refractivity contribution in [2.24, 2.45) is 5.84 Å². The first-order chi connectivity index (χ1) is 9.69. The number of nitrogens with two attached hydrogens (primary N) is 1. The lowest BCUT2D eigenvalue weighted by molar-refractivity contribution is 0.926. The molecule has 0 fully saturated rings. The zero-order chi connectivity index (χ0) is 14.4. The highest BCUT2D eigenvalue weighted by Crippen LogP contribution is 2.10. The van der Waals surface area contributed by atoms with E-state index in [2.05, 4.69) is 30.7 Å². The van der Waals surface area contributed by atoms with E-state index in [0.29, 0.717) is 24.4 Å². The predicted octanol–water partition coefficient (Wildman–Crippen LogP) is 0.273. The third-order valence-corrected chi connectivity index (χ3v) is 2.60. The highest BCUT2D eigenvalue weighted by Gasteiger charge is 2.06. The summed E-state index contributed by atoms with van der Waals surface area (Å²) in [6, 6.07) is 3.96. The Morgan fingerprint density at radius 1 is 1.10 bits per heavy atom. The lowest BCUT2D eigenvalue weighted by Gasteiger charge is -2.13. The van der Waals surface area contributed by atoms with Crippen molar-refractivity contribution in [1.82, 2.24) is 19.9 Å². The number of rotatable bonds is 6. The minimum Gasteiger partial charge on any atom is -0.354 e. The van der Waals surface area contributed by atoms with Crippen LogP contribution in [0.1, 0.15) is 5.56 Å². The summed E-state index contributed by atoms with van der Waals surface area (Å²) in [5.41, 5.74) is 3.63. The van der Waals surface area contributed by atoms with Crippen molar-refractivity contribution in [2.45, 2.75) is 6.42 Å². The SMILES string of the molecule is CN(C)c1nc(NN)nc(NCCc2ccncc2)n1. The van der Waals surface area contributed by atoms with Crippen LogP contribution in [0.4, 0.5) is 17.8 Å². The molecule has 2 aromatic heterocycles. The van der Waals surface area contributed by atoms with Gasteiger partial charge in [-0.2, -0.15) is 15.0 Å². The first-order valence-corrected chi connectivity index (χ1v) is 6.22. The molecular formula is C12H18N8. The molecule has 0 radical (unpaired) electrons. The van der Waals surface area contributed by atoms with Crippen LogP contribution in [0.25, 0.3) is 0 Å². The summed E-state index contributed by atoms with van der Waals surface area (Å²) in [6.45, 7) is 0.713. The molecule has 0 spiro atoms. The maximum Gasteiger partial charge on any atom is 0.243 e. The van der Waals surface area contributed by atoms with E-state index in [1.54, 1.807) is 17.3 Å². The monoisotopic (exact) mass is 274 g/mol. The highest BCUT2D eigenvalue weighted by atomic mass is 15.4. The predicted molar refractivity (Wildman–Crippen MR) is 78.4 cm³/mol. The van der Waals surface area contributed by atoms with Gasteiger partial charge in [0.15, 0.2) is 0 Å². The summed E-state index contributed by atoms with van der Waals surface area (Å²) >= 11 is 0. The van der Waals surface area contributed by atoms with Gasteiger partial charge in [-0.1, -0.05) is 0 Å². The molecule has 0 bridgehead atoms. The highest BCUT2D eigenvalue weighted by molar-refractivity contribution is 5.42. The number of anilines is 3. The molecule has 2 aromatic rings. The van der Waals surface area contributed by atoms with E-state index in [9.17, 15) is 0 Å². The first kappa shape index (κ1) is 13.9. The van der Waals surface area contributed by atoms with E-state index in [1.165, 1.54) is 5.56 Å². The fourth-order valence-electron chi connectivity index (χ4n) is 1.58. The van der Waals surface area contributed by atoms with Crippen molar-refractivity contribution >= 4 is 17.8 Å². The summed E-state index contributed by atoms with van der Waals surface area (Å²) in [6.07, 6.45) is 4.41. The Labute approximate surface area is 117 Å².